The summed E-state index contributed by atoms with van der Waals surface area (Å²) in [6.07, 6.45) is 10.0. The van der Waals surface area contributed by atoms with Crippen molar-refractivity contribution in [3.05, 3.63) is 41.7 Å². The van der Waals surface area contributed by atoms with Gasteiger partial charge in [0, 0.05) is 38.4 Å². The summed E-state index contributed by atoms with van der Waals surface area (Å²) in [6.45, 7) is 9.33. The van der Waals surface area contributed by atoms with Crippen molar-refractivity contribution in [2.75, 3.05) is 26.2 Å². The van der Waals surface area contributed by atoms with Crippen LogP contribution < -0.4 is 0 Å². The van der Waals surface area contributed by atoms with Gasteiger partial charge in [0.2, 0.25) is 5.91 Å². The predicted molar refractivity (Wildman–Crippen MR) is 96.4 cm³/mol. The summed E-state index contributed by atoms with van der Waals surface area (Å²) in [6, 6.07) is 4.01. The summed E-state index contributed by atoms with van der Waals surface area (Å²) in [7, 11) is 0. The lowest BCUT2D eigenvalue weighted by atomic mass is 9.72. The van der Waals surface area contributed by atoms with Crippen LogP contribution in [-0.2, 0) is 11.3 Å². The number of pyridine rings is 1. The minimum Gasteiger partial charge on any atom is -0.338 e. The van der Waals surface area contributed by atoms with Crippen LogP contribution in [0, 0.1) is 5.41 Å². The number of aromatic nitrogens is 1. The van der Waals surface area contributed by atoms with Gasteiger partial charge in [-0.1, -0.05) is 17.7 Å². The molecule has 0 aliphatic carbocycles. The number of rotatable bonds is 4. The number of nitrogens with zero attached hydrogens (tertiary/aromatic N) is 3. The van der Waals surface area contributed by atoms with Crippen molar-refractivity contribution in [1.29, 1.82) is 0 Å². The highest BCUT2D eigenvalue weighted by atomic mass is 16.2. The summed E-state index contributed by atoms with van der Waals surface area (Å²) in [5.41, 5.74) is 2.91. The highest BCUT2D eigenvalue weighted by Crippen LogP contribution is 2.40. The Labute approximate surface area is 145 Å². The molecule has 2 saturated heterocycles. The summed E-state index contributed by atoms with van der Waals surface area (Å²) >= 11 is 0. The highest BCUT2D eigenvalue weighted by Gasteiger charge is 2.40. The fraction of sp³-hybridized carbons (Fsp3) is 0.600. The Hall–Kier alpha value is -1.68. The number of hydrogen-bond acceptors (Lipinski definition) is 3. The van der Waals surface area contributed by atoms with Crippen molar-refractivity contribution in [2.45, 2.75) is 46.1 Å². The van der Waals surface area contributed by atoms with E-state index in [1.807, 2.05) is 12.3 Å². The Kier molecular flexibility index (Phi) is 5.34. The summed E-state index contributed by atoms with van der Waals surface area (Å²) in [5, 5.41) is 0. The third kappa shape index (κ3) is 4.04. The number of allylic oxidation sites excluding steroid dienone is 1. The van der Waals surface area contributed by atoms with Crippen LogP contribution in [0.15, 0.2) is 36.2 Å². The van der Waals surface area contributed by atoms with Crippen LogP contribution >= 0.6 is 0 Å². The summed E-state index contributed by atoms with van der Waals surface area (Å²) in [4.78, 5) is 21.2. The first kappa shape index (κ1) is 17.2. The molecule has 1 aromatic heterocycles. The van der Waals surface area contributed by atoms with Gasteiger partial charge in [-0.25, -0.2) is 0 Å². The molecule has 4 heteroatoms. The van der Waals surface area contributed by atoms with Gasteiger partial charge in [-0.05, 0) is 63.2 Å². The van der Waals surface area contributed by atoms with Gasteiger partial charge >= 0.3 is 0 Å². The molecule has 0 N–H and O–H groups in total. The molecule has 130 valence electrons. The van der Waals surface area contributed by atoms with Crippen molar-refractivity contribution in [2.24, 2.45) is 5.41 Å². The molecule has 0 radical (unpaired) electrons. The maximum absolute atomic E-state index is 12.4. The number of carbonyl (C=O) groups excluding carboxylic acids is 1. The second kappa shape index (κ2) is 7.47. The predicted octanol–water partition coefficient (Wildman–Crippen LogP) is 3.25. The van der Waals surface area contributed by atoms with Gasteiger partial charge in [0.15, 0.2) is 0 Å². The lowest BCUT2D eigenvalue weighted by molar-refractivity contribution is -0.139. The molecule has 0 aromatic carbocycles. The van der Waals surface area contributed by atoms with Gasteiger partial charge in [0.05, 0.1) is 0 Å². The zero-order chi connectivity index (χ0) is 17.0. The molecule has 1 spiro atoms. The molecule has 2 aliphatic rings. The minimum absolute atomic E-state index is 0.302. The van der Waals surface area contributed by atoms with Crippen LogP contribution in [0.5, 0.6) is 0 Å². The third-order valence-corrected chi connectivity index (χ3v) is 5.73. The van der Waals surface area contributed by atoms with Crippen LogP contribution in [-0.4, -0.2) is 46.9 Å². The first-order chi connectivity index (χ1) is 11.6. The van der Waals surface area contributed by atoms with Crippen LogP contribution in [0.4, 0.5) is 0 Å². The Morgan fingerprint density at radius 1 is 1.33 bits per heavy atom. The maximum atomic E-state index is 12.4. The molecule has 4 nitrogen and oxygen atoms in total. The van der Waals surface area contributed by atoms with Crippen molar-refractivity contribution in [3.63, 3.8) is 0 Å². The van der Waals surface area contributed by atoms with E-state index in [2.05, 4.69) is 40.8 Å². The molecule has 24 heavy (non-hydrogen) atoms. The largest absolute Gasteiger partial charge is 0.338 e. The Bertz CT molecular complexity index is 588. The van der Waals surface area contributed by atoms with Crippen LogP contribution in [0.2, 0.25) is 0 Å². The monoisotopic (exact) mass is 327 g/mol. The molecule has 0 atom stereocenters. The lowest BCUT2D eigenvalue weighted by Gasteiger charge is -2.47. The Morgan fingerprint density at radius 2 is 2.12 bits per heavy atom. The van der Waals surface area contributed by atoms with E-state index in [0.717, 1.165) is 38.2 Å². The maximum Gasteiger partial charge on any atom is 0.222 e. The van der Waals surface area contributed by atoms with Gasteiger partial charge in [0.25, 0.3) is 0 Å². The van der Waals surface area contributed by atoms with E-state index in [4.69, 9.17) is 0 Å². The number of likely N-dealkylation sites (tertiary alicyclic amines) is 2. The van der Waals surface area contributed by atoms with Crippen molar-refractivity contribution >= 4 is 5.91 Å². The third-order valence-electron chi connectivity index (χ3n) is 5.73. The highest BCUT2D eigenvalue weighted by molar-refractivity contribution is 5.77. The van der Waals surface area contributed by atoms with Crippen molar-refractivity contribution in [1.82, 2.24) is 14.8 Å². The second-order valence-electron chi connectivity index (χ2n) is 7.52. The van der Waals surface area contributed by atoms with Gasteiger partial charge < -0.3 is 4.90 Å². The molecule has 2 aliphatic heterocycles. The smallest absolute Gasteiger partial charge is 0.222 e. The molecule has 2 fully saturated rings. The molecule has 0 bridgehead atoms. The first-order valence-electron chi connectivity index (χ1n) is 9.11. The topological polar surface area (TPSA) is 36.4 Å². The molecular formula is C20H29N3O. The fourth-order valence-electron chi connectivity index (χ4n) is 4.00. The molecule has 0 saturated carbocycles. The van der Waals surface area contributed by atoms with E-state index in [9.17, 15) is 4.79 Å². The summed E-state index contributed by atoms with van der Waals surface area (Å²) in [5.74, 6) is 0.302. The van der Waals surface area contributed by atoms with E-state index in [-0.39, 0.29) is 0 Å². The van der Waals surface area contributed by atoms with E-state index in [1.165, 1.54) is 18.4 Å². The van der Waals surface area contributed by atoms with E-state index >= 15 is 0 Å². The molecule has 3 rings (SSSR count). The first-order valence-corrected chi connectivity index (χ1v) is 9.11. The average molecular weight is 327 g/mol. The van der Waals surface area contributed by atoms with Gasteiger partial charge in [-0.3, -0.25) is 14.7 Å². The molecule has 0 unspecified atom stereocenters. The molecule has 1 aromatic rings. The van der Waals surface area contributed by atoms with E-state index in [0.29, 0.717) is 24.3 Å². The zero-order valence-corrected chi connectivity index (χ0v) is 15.0. The van der Waals surface area contributed by atoms with Gasteiger partial charge in [-0.2, -0.15) is 0 Å². The SMILES string of the molecule is C/C=C(\C)CN1CCC2(CCC(=O)N(Cc3cccnc3)C2)CC1. The summed E-state index contributed by atoms with van der Waals surface area (Å²) < 4.78 is 0. The van der Waals surface area contributed by atoms with Gasteiger partial charge in [0.1, 0.15) is 0 Å². The number of hydrogen-bond donors (Lipinski definition) is 0. The van der Waals surface area contributed by atoms with Crippen LogP contribution in [0.3, 0.4) is 0 Å². The molecule has 3 heterocycles. The van der Waals surface area contributed by atoms with Crippen molar-refractivity contribution < 1.29 is 4.79 Å². The Balaban J connectivity index is 1.60. The number of amides is 1. The number of piperidine rings is 2. The lowest BCUT2D eigenvalue weighted by Crippen LogP contribution is -2.51. The minimum atomic E-state index is 0.302. The fourth-order valence-corrected chi connectivity index (χ4v) is 4.00. The quantitative estimate of drug-likeness (QED) is 0.797. The average Bonchev–Trinajstić information content (AvgIpc) is 2.61. The van der Waals surface area contributed by atoms with Crippen LogP contribution in [0.1, 0.15) is 45.1 Å². The van der Waals surface area contributed by atoms with E-state index in [1.54, 1.807) is 6.20 Å². The van der Waals surface area contributed by atoms with Crippen molar-refractivity contribution in [3.8, 4) is 0 Å². The second-order valence-corrected chi connectivity index (χ2v) is 7.52. The van der Waals surface area contributed by atoms with Crippen LogP contribution in [0.25, 0.3) is 0 Å². The Morgan fingerprint density at radius 3 is 2.79 bits per heavy atom. The molecular weight excluding hydrogens is 298 g/mol. The standard InChI is InChI=1S/C20H29N3O/c1-3-17(2)14-22-11-8-20(9-12-22)7-6-19(24)23(16-20)15-18-5-4-10-21-13-18/h3-5,10,13H,6-9,11-12,14-16H2,1-2H3/b17-3+. The zero-order valence-electron chi connectivity index (χ0n) is 15.0. The number of carbonyl (C=O) groups is 1. The normalized spacial score (nSPS) is 22.2. The van der Waals surface area contributed by atoms with Gasteiger partial charge in [-0.15, -0.1) is 0 Å². The van der Waals surface area contributed by atoms with E-state index < -0.39 is 0 Å². The molecule has 1 amide bonds.